The highest BCUT2D eigenvalue weighted by atomic mass is 19.1. The molecule has 2 aromatic rings. The van der Waals surface area contributed by atoms with Crippen LogP contribution in [0.5, 0.6) is 11.5 Å². The van der Waals surface area contributed by atoms with Crippen LogP contribution in [0, 0.1) is 5.82 Å². The Morgan fingerprint density at radius 1 is 1.16 bits per heavy atom. The molecule has 0 heterocycles. The Hall–Kier alpha value is -2.36. The largest absolute Gasteiger partial charge is 0.508 e. The molecular formula is C15H13FO3. The number of benzene rings is 2. The maximum Gasteiger partial charge on any atom is 0.124 e. The number of carbonyl (C=O) groups is 1. The number of hydrogen-bond donors (Lipinski definition) is 1. The molecule has 0 amide bonds. The summed E-state index contributed by atoms with van der Waals surface area (Å²) < 4.78 is 18.2. The first-order valence-electron chi connectivity index (χ1n) is 5.82. The first-order chi connectivity index (χ1) is 9.19. The summed E-state index contributed by atoms with van der Waals surface area (Å²) >= 11 is 0. The molecule has 0 bridgehead atoms. The average Bonchev–Trinajstić information content (AvgIpc) is 2.41. The van der Waals surface area contributed by atoms with Gasteiger partial charge in [-0.25, -0.2) is 4.39 Å². The van der Waals surface area contributed by atoms with Crippen molar-refractivity contribution >= 4 is 6.29 Å². The fourth-order valence-corrected chi connectivity index (χ4v) is 1.64. The number of phenols is 1. The lowest BCUT2D eigenvalue weighted by Gasteiger charge is -2.08. The molecule has 0 spiro atoms. The van der Waals surface area contributed by atoms with E-state index in [0.29, 0.717) is 11.3 Å². The first kappa shape index (κ1) is 13.1. The second kappa shape index (κ2) is 6.00. The molecule has 0 radical (unpaired) electrons. The average molecular weight is 260 g/mol. The Kier molecular flexibility index (Phi) is 4.13. The zero-order chi connectivity index (χ0) is 13.7. The number of aromatic hydroxyl groups is 1. The molecule has 0 atom stereocenters. The van der Waals surface area contributed by atoms with E-state index in [1.807, 2.05) is 0 Å². The Labute approximate surface area is 110 Å². The van der Waals surface area contributed by atoms with Gasteiger partial charge in [-0.2, -0.15) is 0 Å². The van der Waals surface area contributed by atoms with Crippen molar-refractivity contribution < 1.29 is 19.0 Å². The van der Waals surface area contributed by atoms with Gasteiger partial charge in [-0.15, -0.1) is 0 Å². The number of carbonyl (C=O) groups excluding carboxylic acids is 1. The molecule has 19 heavy (non-hydrogen) atoms. The highest BCUT2D eigenvalue weighted by molar-refractivity contribution is 5.58. The van der Waals surface area contributed by atoms with Crippen molar-refractivity contribution in [2.75, 3.05) is 0 Å². The Morgan fingerprint density at radius 2 is 1.89 bits per heavy atom. The number of hydrogen-bond acceptors (Lipinski definition) is 3. The van der Waals surface area contributed by atoms with Gasteiger partial charge >= 0.3 is 0 Å². The van der Waals surface area contributed by atoms with Gasteiger partial charge in [0.2, 0.25) is 0 Å². The number of halogens is 1. The number of rotatable bonds is 5. The van der Waals surface area contributed by atoms with Crippen LogP contribution in [-0.4, -0.2) is 11.4 Å². The van der Waals surface area contributed by atoms with Crippen molar-refractivity contribution in [2.45, 2.75) is 13.0 Å². The predicted octanol–water partition coefficient (Wildman–Crippen LogP) is 2.85. The van der Waals surface area contributed by atoms with Crippen LogP contribution in [0.15, 0.2) is 42.5 Å². The second-order valence-corrected chi connectivity index (χ2v) is 4.08. The van der Waals surface area contributed by atoms with Crippen LogP contribution in [-0.2, 0) is 17.8 Å². The lowest BCUT2D eigenvalue weighted by Crippen LogP contribution is -1.96. The molecule has 0 aliphatic rings. The summed E-state index contributed by atoms with van der Waals surface area (Å²) in [5, 5.41) is 9.67. The summed E-state index contributed by atoms with van der Waals surface area (Å²) in [6.07, 6.45) is 0.901. The zero-order valence-corrected chi connectivity index (χ0v) is 10.2. The van der Waals surface area contributed by atoms with Crippen LogP contribution >= 0.6 is 0 Å². The highest BCUT2D eigenvalue weighted by Crippen LogP contribution is 2.24. The monoisotopic (exact) mass is 260 g/mol. The molecule has 98 valence electrons. The second-order valence-electron chi connectivity index (χ2n) is 4.08. The topological polar surface area (TPSA) is 46.5 Å². The maximum absolute atomic E-state index is 12.7. The minimum atomic E-state index is -0.292. The van der Waals surface area contributed by atoms with Crippen LogP contribution in [0.2, 0.25) is 0 Å². The molecule has 3 nitrogen and oxygen atoms in total. The van der Waals surface area contributed by atoms with E-state index in [1.165, 1.54) is 18.2 Å². The molecular weight excluding hydrogens is 247 g/mol. The molecule has 1 N–H and O–H groups in total. The molecule has 0 saturated heterocycles. The SMILES string of the molecule is O=CCc1ccc(OCc2ccc(F)cc2)cc1O. The van der Waals surface area contributed by atoms with Gasteiger partial charge in [-0.3, -0.25) is 0 Å². The highest BCUT2D eigenvalue weighted by Gasteiger charge is 2.03. The molecule has 2 rings (SSSR count). The van der Waals surface area contributed by atoms with Gasteiger partial charge in [0.15, 0.2) is 0 Å². The maximum atomic E-state index is 12.7. The standard InChI is InChI=1S/C15H13FO3/c16-13-4-1-11(2-5-13)10-19-14-6-3-12(7-8-17)15(18)9-14/h1-6,8-9,18H,7,10H2. The van der Waals surface area contributed by atoms with Crippen molar-refractivity contribution in [3.05, 3.63) is 59.4 Å². The summed E-state index contributed by atoms with van der Waals surface area (Å²) in [7, 11) is 0. The van der Waals surface area contributed by atoms with Gasteiger partial charge in [-0.05, 0) is 23.8 Å². The lowest BCUT2D eigenvalue weighted by atomic mass is 10.1. The van der Waals surface area contributed by atoms with Crippen molar-refractivity contribution in [3.63, 3.8) is 0 Å². The Balaban J connectivity index is 2.01. The number of aldehydes is 1. The van der Waals surface area contributed by atoms with Gasteiger partial charge < -0.3 is 14.6 Å². The van der Waals surface area contributed by atoms with Crippen LogP contribution in [0.25, 0.3) is 0 Å². The molecule has 0 aliphatic carbocycles. The van der Waals surface area contributed by atoms with Crippen molar-refractivity contribution in [2.24, 2.45) is 0 Å². The van der Waals surface area contributed by atoms with E-state index in [0.717, 1.165) is 11.8 Å². The fraction of sp³-hybridized carbons (Fsp3) is 0.133. The smallest absolute Gasteiger partial charge is 0.124 e. The predicted molar refractivity (Wildman–Crippen MR) is 68.6 cm³/mol. The lowest BCUT2D eigenvalue weighted by molar-refractivity contribution is -0.107. The van der Waals surface area contributed by atoms with E-state index < -0.39 is 0 Å². The first-order valence-corrected chi connectivity index (χ1v) is 5.82. The van der Waals surface area contributed by atoms with Crippen molar-refractivity contribution in [1.82, 2.24) is 0 Å². The van der Waals surface area contributed by atoms with Crippen LogP contribution in [0.4, 0.5) is 4.39 Å². The number of ether oxygens (including phenoxy) is 1. The molecule has 0 fully saturated rings. The van der Waals surface area contributed by atoms with Crippen LogP contribution < -0.4 is 4.74 Å². The van der Waals surface area contributed by atoms with E-state index in [2.05, 4.69) is 0 Å². The van der Waals surface area contributed by atoms with Crippen molar-refractivity contribution in [3.8, 4) is 11.5 Å². The van der Waals surface area contributed by atoms with E-state index in [9.17, 15) is 14.3 Å². The summed E-state index contributed by atoms with van der Waals surface area (Å²) in [6.45, 7) is 0.284. The van der Waals surface area contributed by atoms with Gasteiger partial charge in [0.1, 0.15) is 30.2 Å². The quantitative estimate of drug-likeness (QED) is 0.841. The van der Waals surface area contributed by atoms with Crippen LogP contribution in [0.3, 0.4) is 0 Å². The van der Waals surface area contributed by atoms with Gasteiger partial charge in [0, 0.05) is 18.1 Å². The summed E-state index contributed by atoms with van der Waals surface area (Å²) in [5.41, 5.74) is 1.39. The number of phenolic OH excluding ortho intramolecular Hbond substituents is 1. The minimum absolute atomic E-state index is 0.0312. The van der Waals surface area contributed by atoms with Gasteiger partial charge in [0.05, 0.1) is 0 Å². The molecule has 0 aliphatic heterocycles. The third kappa shape index (κ3) is 3.55. The summed E-state index contributed by atoms with van der Waals surface area (Å²) in [4.78, 5) is 10.4. The Morgan fingerprint density at radius 3 is 2.53 bits per heavy atom. The van der Waals surface area contributed by atoms with E-state index >= 15 is 0 Å². The summed E-state index contributed by atoms with van der Waals surface area (Å²) in [5.74, 6) is 0.236. The zero-order valence-electron chi connectivity index (χ0n) is 10.2. The minimum Gasteiger partial charge on any atom is -0.508 e. The van der Waals surface area contributed by atoms with E-state index in [1.54, 1.807) is 24.3 Å². The molecule has 0 aromatic heterocycles. The molecule has 0 unspecified atom stereocenters. The van der Waals surface area contributed by atoms with Crippen molar-refractivity contribution in [1.29, 1.82) is 0 Å². The van der Waals surface area contributed by atoms with Gasteiger partial charge in [0.25, 0.3) is 0 Å². The normalized spacial score (nSPS) is 10.2. The van der Waals surface area contributed by atoms with E-state index in [-0.39, 0.29) is 24.6 Å². The molecule has 2 aromatic carbocycles. The molecule has 0 saturated carbocycles. The third-order valence-corrected chi connectivity index (χ3v) is 2.68. The van der Waals surface area contributed by atoms with E-state index in [4.69, 9.17) is 4.74 Å². The van der Waals surface area contributed by atoms with Crippen LogP contribution in [0.1, 0.15) is 11.1 Å². The third-order valence-electron chi connectivity index (χ3n) is 2.68. The van der Waals surface area contributed by atoms with Gasteiger partial charge in [-0.1, -0.05) is 18.2 Å². The Bertz CT molecular complexity index is 564. The fourth-order valence-electron chi connectivity index (χ4n) is 1.64. The summed E-state index contributed by atoms with van der Waals surface area (Å²) in [6, 6.07) is 10.8. The molecule has 4 heteroatoms.